The Morgan fingerprint density at radius 1 is 1.22 bits per heavy atom. The van der Waals surface area contributed by atoms with E-state index < -0.39 is 0 Å². The zero-order valence-electron chi connectivity index (χ0n) is 13.9. The molecule has 0 saturated heterocycles. The summed E-state index contributed by atoms with van der Waals surface area (Å²) in [5.74, 6) is 1.55. The van der Waals surface area contributed by atoms with Gasteiger partial charge in [0, 0.05) is 25.0 Å². The summed E-state index contributed by atoms with van der Waals surface area (Å²) in [5.41, 5.74) is 4.31. The van der Waals surface area contributed by atoms with Gasteiger partial charge in [0.1, 0.15) is 5.82 Å². The molecule has 5 nitrogen and oxygen atoms in total. The van der Waals surface area contributed by atoms with Crippen molar-refractivity contribution in [3.8, 4) is 0 Å². The number of fused-ring (bicyclic) bond motifs is 1. The first-order valence-electron chi connectivity index (χ1n) is 8.14. The van der Waals surface area contributed by atoms with E-state index in [1.54, 1.807) is 6.20 Å². The van der Waals surface area contributed by atoms with Crippen LogP contribution in [0.2, 0.25) is 0 Å². The highest BCUT2D eigenvalue weighted by molar-refractivity contribution is 5.82. The maximum absolute atomic E-state index is 4.60. The fourth-order valence-electron chi connectivity index (χ4n) is 2.72. The zero-order chi connectivity index (χ0) is 16.2. The second-order valence-corrected chi connectivity index (χ2v) is 5.66. The van der Waals surface area contributed by atoms with Gasteiger partial charge in [-0.25, -0.2) is 9.97 Å². The maximum Gasteiger partial charge on any atom is 0.206 e. The standard InChI is InChI=1S/C18H23N5/c1-4-11-23(5-2)14-8-9-15-16(12-14)21-18(20-15)22-17-13(3)7-6-10-19-17/h6-10,12H,4-5,11H2,1-3H3,(H2,19,20,21,22). The molecular formula is C18H23N5. The van der Waals surface area contributed by atoms with Crippen LogP contribution in [0.3, 0.4) is 0 Å². The minimum absolute atomic E-state index is 0.720. The van der Waals surface area contributed by atoms with Crippen LogP contribution in [0.5, 0.6) is 0 Å². The number of rotatable bonds is 6. The number of aromatic nitrogens is 3. The third-order valence-corrected chi connectivity index (χ3v) is 3.95. The van der Waals surface area contributed by atoms with E-state index >= 15 is 0 Å². The van der Waals surface area contributed by atoms with Gasteiger partial charge in [-0.05, 0) is 50.1 Å². The Kier molecular flexibility index (Phi) is 4.46. The van der Waals surface area contributed by atoms with Crippen LogP contribution in [-0.4, -0.2) is 28.0 Å². The lowest BCUT2D eigenvalue weighted by Gasteiger charge is -2.22. The van der Waals surface area contributed by atoms with Crippen molar-refractivity contribution in [3.05, 3.63) is 42.1 Å². The minimum Gasteiger partial charge on any atom is -0.372 e. The molecule has 2 heterocycles. The van der Waals surface area contributed by atoms with Crippen LogP contribution >= 0.6 is 0 Å². The number of nitrogens with one attached hydrogen (secondary N) is 2. The Bertz CT molecular complexity index is 793. The highest BCUT2D eigenvalue weighted by Gasteiger charge is 2.08. The second kappa shape index (κ2) is 6.69. The van der Waals surface area contributed by atoms with Crippen molar-refractivity contribution in [2.75, 3.05) is 23.3 Å². The van der Waals surface area contributed by atoms with Gasteiger partial charge in [-0.1, -0.05) is 13.0 Å². The Morgan fingerprint density at radius 2 is 2.09 bits per heavy atom. The third kappa shape index (κ3) is 3.28. The molecule has 0 radical (unpaired) electrons. The predicted molar refractivity (Wildman–Crippen MR) is 96.5 cm³/mol. The summed E-state index contributed by atoms with van der Waals surface area (Å²) in [5, 5.41) is 3.26. The van der Waals surface area contributed by atoms with Gasteiger partial charge in [0.2, 0.25) is 5.95 Å². The molecule has 0 fully saturated rings. The lowest BCUT2D eigenvalue weighted by Crippen LogP contribution is -2.23. The van der Waals surface area contributed by atoms with E-state index in [-0.39, 0.29) is 0 Å². The molecule has 23 heavy (non-hydrogen) atoms. The summed E-state index contributed by atoms with van der Waals surface area (Å²) >= 11 is 0. The van der Waals surface area contributed by atoms with E-state index in [0.29, 0.717) is 0 Å². The number of hydrogen-bond acceptors (Lipinski definition) is 4. The van der Waals surface area contributed by atoms with E-state index in [2.05, 4.69) is 57.2 Å². The van der Waals surface area contributed by atoms with E-state index in [4.69, 9.17) is 0 Å². The molecule has 0 aliphatic carbocycles. The monoisotopic (exact) mass is 309 g/mol. The Labute approximate surface area is 136 Å². The molecule has 1 aromatic carbocycles. The molecular weight excluding hydrogens is 286 g/mol. The highest BCUT2D eigenvalue weighted by atomic mass is 15.2. The lowest BCUT2D eigenvalue weighted by atomic mass is 10.2. The smallest absolute Gasteiger partial charge is 0.206 e. The van der Waals surface area contributed by atoms with Gasteiger partial charge in [-0.2, -0.15) is 0 Å². The lowest BCUT2D eigenvalue weighted by molar-refractivity contribution is 0.792. The molecule has 0 unspecified atom stereocenters. The van der Waals surface area contributed by atoms with Gasteiger partial charge in [0.05, 0.1) is 11.0 Å². The molecule has 3 aromatic rings. The SMILES string of the molecule is CCCN(CC)c1ccc2nc(Nc3ncccc3C)[nH]c2c1. The second-order valence-electron chi connectivity index (χ2n) is 5.66. The molecule has 0 bridgehead atoms. The fourth-order valence-corrected chi connectivity index (χ4v) is 2.72. The average Bonchev–Trinajstić information content (AvgIpc) is 2.96. The molecule has 0 atom stereocenters. The quantitative estimate of drug-likeness (QED) is 0.715. The van der Waals surface area contributed by atoms with Crippen molar-refractivity contribution in [2.24, 2.45) is 0 Å². The first-order valence-corrected chi connectivity index (χ1v) is 8.14. The number of pyridine rings is 1. The molecule has 3 rings (SSSR count). The van der Waals surface area contributed by atoms with Crippen molar-refractivity contribution < 1.29 is 0 Å². The van der Waals surface area contributed by atoms with Crippen molar-refractivity contribution in [2.45, 2.75) is 27.2 Å². The van der Waals surface area contributed by atoms with Gasteiger partial charge in [-0.3, -0.25) is 0 Å². The van der Waals surface area contributed by atoms with Crippen molar-refractivity contribution in [1.29, 1.82) is 0 Å². The Morgan fingerprint density at radius 3 is 2.83 bits per heavy atom. The first-order chi connectivity index (χ1) is 11.2. The topological polar surface area (TPSA) is 56.8 Å². The Balaban J connectivity index is 1.88. The number of nitrogens with zero attached hydrogens (tertiary/aromatic N) is 3. The van der Waals surface area contributed by atoms with Gasteiger partial charge in [0.25, 0.3) is 0 Å². The highest BCUT2D eigenvalue weighted by Crippen LogP contribution is 2.24. The van der Waals surface area contributed by atoms with Crippen LogP contribution in [0.4, 0.5) is 17.5 Å². The van der Waals surface area contributed by atoms with Crippen LogP contribution < -0.4 is 10.2 Å². The number of anilines is 3. The molecule has 0 aliphatic rings. The first kappa shape index (κ1) is 15.3. The molecule has 0 aliphatic heterocycles. The molecule has 0 spiro atoms. The molecule has 120 valence electrons. The summed E-state index contributed by atoms with van der Waals surface area (Å²) in [6.07, 6.45) is 2.92. The molecule has 5 heteroatoms. The number of aromatic amines is 1. The van der Waals surface area contributed by atoms with Crippen molar-refractivity contribution >= 4 is 28.5 Å². The van der Waals surface area contributed by atoms with E-state index in [1.165, 1.54) is 5.69 Å². The van der Waals surface area contributed by atoms with Crippen LogP contribution in [-0.2, 0) is 0 Å². The fraction of sp³-hybridized carbons (Fsp3) is 0.333. The number of benzene rings is 1. The van der Waals surface area contributed by atoms with Crippen LogP contribution in [0, 0.1) is 6.92 Å². The largest absolute Gasteiger partial charge is 0.372 e. The van der Waals surface area contributed by atoms with Gasteiger partial charge in [0.15, 0.2) is 0 Å². The number of hydrogen-bond donors (Lipinski definition) is 2. The number of H-pyrrole nitrogens is 1. The van der Waals surface area contributed by atoms with E-state index in [9.17, 15) is 0 Å². The molecule has 0 amide bonds. The summed E-state index contributed by atoms with van der Waals surface area (Å²) in [6.45, 7) is 8.48. The van der Waals surface area contributed by atoms with Crippen LogP contribution in [0.1, 0.15) is 25.8 Å². The maximum atomic E-state index is 4.60. The zero-order valence-corrected chi connectivity index (χ0v) is 13.9. The number of imidazole rings is 1. The van der Waals surface area contributed by atoms with E-state index in [0.717, 1.165) is 47.9 Å². The van der Waals surface area contributed by atoms with Gasteiger partial charge in [-0.15, -0.1) is 0 Å². The average molecular weight is 309 g/mol. The number of aryl methyl sites for hydroxylation is 1. The third-order valence-electron chi connectivity index (χ3n) is 3.95. The van der Waals surface area contributed by atoms with Gasteiger partial charge >= 0.3 is 0 Å². The van der Waals surface area contributed by atoms with Crippen molar-refractivity contribution in [1.82, 2.24) is 15.0 Å². The summed E-state index contributed by atoms with van der Waals surface area (Å²) in [6, 6.07) is 10.3. The summed E-state index contributed by atoms with van der Waals surface area (Å²) in [4.78, 5) is 14.7. The normalized spacial score (nSPS) is 10.9. The van der Waals surface area contributed by atoms with Crippen LogP contribution in [0.15, 0.2) is 36.5 Å². The summed E-state index contributed by atoms with van der Waals surface area (Å²) in [7, 11) is 0. The van der Waals surface area contributed by atoms with Gasteiger partial charge < -0.3 is 15.2 Å². The van der Waals surface area contributed by atoms with Crippen molar-refractivity contribution in [3.63, 3.8) is 0 Å². The van der Waals surface area contributed by atoms with E-state index in [1.807, 2.05) is 19.1 Å². The predicted octanol–water partition coefficient (Wildman–Crippen LogP) is 4.25. The molecule has 0 saturated carbocycles. The minimum atomic E-state index is 0.720. The van der Waals surface area contributed by atoms with Crippen LogP contribution in [0.25, 0.3) is 11.0 Å². The summed E-state index contributed by atoms with van der Waals surface area (Å²) < 4.78 is 0. The Hall–Kier alpha value is -2.56. The molecule has 2 N–H and O–H groups in total. The molecule has 2 aromatic heterocycles.